The number of alkyl halides is 3. The van der Waals surface area contributed by atoms with E-state index < -0.39 is 23.9 Å². The molecule has 0 aliphatic heterocycles. The molecule has 3 N–H and O–H groups in total. The smallest absolute Gasteiger partial charge is 0.385 e. The van der Waals surface area contributed by atoms with Crippen molar-refractivity contribution in [2.75, 3.05) is 0 Å². The summed E-state index contributed by atoms with van der Waals surface area (Å²) in [7, 11) is 0. The van der Waals surface area contributed by atoms with E-state index in [1.165, 1.54) is 12.1 Å². The van der Waals surface area contributed by atoms with Crippen molar-refractivity contribution in [2.45, 2.75) is 24.7 Å². The SMILES string of the molecule is NC(Cc1ccc(C(F)(F)F)cc1)C(O)c1cccc(Cl)n1. The lowest BCUT2D eigenvalue weighted by Crippen LogP contribution is -2.31. The number of rotatable bonds is 4. The van der Waals surface area contributed by atoms with Crippen LogP contribution in [0, 0.1) is 0 Å². The number of pyridine rings is 1. The number of hydrogen-bond donors (Lipinski definition) is 2. The van der Waals surface area contributed by atoms with E-state index >= 15 is 0 Å². The zero-order valence-electron chi connectivity index (χ0n) is 11.4. The highest BCUT2D eigenvalue weighted by Crippen LogP contribution is 2.29. The van der Waals surface area contributed by atoms with Gasteiger partial charge < -0.3 is 10.8 Å². The molecule has 2 rings (SSSR count). The van der Waals surface area contributed by atoms with Gasteiger partial charge in [-0.15, -0.1) is 0 Å². The van der Waals surface area contributed by atoms with Gasteiger partial charge in [0, 0.05) is 6.04 Å². The Kier molecular flexibility index (Phi) is 5.05. The molecule has 0 aliphatic carbocycles. The molecule has 7 heteroatoms. The minimum absolute atomic E-state index is 0.216. The van der Waals surface area contributed by atoms with Crippen LogP contribution in [0.3, 0.4) is 0 Å². The summed E-state index contributed by atoms with van der Waals surface area (Å²) < 4.78 is 37.5. The van der Waals surface area contributed by atoms with Crippen molar-refractivity contribution < 1.29 is 18.3 Å². The number of halogens is 4. The first-order valence-corrected chi connectivity index (χ1v) is 6.87. The van der Waals surface area contributed by atoms with Crippen LogP contribution in [0.2, 0.25) is 5.15 Å². The monoisotopic (exact) mass is 330 g/mol. The van der Waals surface area contributed by atoms with E-state index in [2.05, 4.69) is 4.98 Å². The quantitative estimate of drug-likeness (QED) is 0.845. The maximum absolute atomic E-state index is 12.5. The van der Waals surface area contributed by atoms with E-state index in [0.29, 0.717) is 11.3 Å². The minimum atomic E-state index is -4.37. The Bertz CT molecular complexity index is 631. The lowest BCUT2D eigenvalue weighted by atomic mass is 9.99. The first kappa shape index (κ1) is 16.7. The predicted octanol–water partition coefficient (Wildman–Crippen LogP) is 3.36. The Morgan fingerprint density at radius 2 is 1.77 bits per heavy atom. The van der Waals surface area contributed by atoms with Gasteiger partial charge in [-0.3, -0.25) is 0 Å². The lowest BCUT2D eigenvalue weighted by Gasteiger charge is -2.19. The number of aromatic nitrogens is 1. The van der Waals surface area contributed by atoms with Crippen LogP contribution in [0.4, 0.5) is 13.2 Å². The standard InChI is InChI=1S/C15H14ClF3N2O/c16-13-3-1-2-12(21-13)14(22)11(20)8-9-4-6-10(7-5-9)15(17,18)19/h1-7,11,14,22H,8,20H2. The molecule has 1 heterocycles. The summed E-state index contributed by atoms with van der Waals surface area (Å²) >= 11 is 5.74. The van der Waals surface area contributed by atoms with Crippen molar-refractivity contribution in [3.63, 3.8) is 0 Å². The number of aliphatic hydroxyl groups is 1. The van der Waals surface area contributed by atoms with E-state index in [4.69, 9.17) is 17.3 Å². The summed E-state index contributed by atoms with van der Waals surface area (Å²) in [5.41, 5.74) is 6.10. The number of nitrogens with two attached hydrogens (primary N) is 1. The topological polar surface area (TPSA) is 59.1 Å². The number of aliphatic hydroxyl groups excluding tert-OH is 1. The van der Waals surface area contributed by atoms with Crippen LogP contribution in [0.5, 0.6) is 0 Å². The van der Waals surface area contributed by atoms with E-state index in [-0.39, 0.29) is 11.6 Å². The van der Waals surface area contributed by atoms with Crippen LogP contribution in [-0.2, 0) is 12.6 Å². The van der Waals surface area contributed by atoms with Gasteiger partial charge in [-0.25, -0.2) is 4.98 Å². The molecule has 0 bridgehead atoms. The van der Waals surface area contributed by atoms with Crippen molar-refractivity contribution in [3.05, 3.63) is 64.4 Å². The van der Waals surface area contributed by atoms with Crippen LogP contribution in [0.25, 0.3) is 0 Å². The zero-order chi connectivity index (χ0) is 16.3. The van der Waals surface area contributed by atoms with Crippen LogP contribution in [0.1, 0.15) is 22.9 Å². The molecular weight excluding hydrogens is 317 g/mol. The fourth-order valence-electron chi connectivity index (χ4n) is 2.02. The lowest BCUT2D eigenvalue weighted by molar-refractivity contribution is -0.137. The van der Waals surface area contributed by atoms with E-state index in [0.717, 1.165) is 12.1 Å². The van der Waals surface area contributed by atoms with Crippen molar-refractivity contribution in [3.8, 4) is 0 Å². The van der Waals surface area contributed by atoms with E-state index in [1.54, 1.807) is 18.2 Å². The number of hydrogen-bond acceptors (Lipinski definition) is 3. The maximum atomic E-state index is 12.5. The number of benzene rings is 1. The first-order chi connectivity index (χ1) is 10.3. The molecule has 0 radical (unpaired) electrons. The summed E-state index contributed by atoms with van der Waals surface area (Å²) in [6.07, 6.45) is -5.21. The highest BCUT2D eigenvalue weighted by Gasteiger charge is 2.30. The molecule has 1 aromatic carbocycles. The Morgan fingerprint density at radius 3 is 2.32 bits per heavy atom. The fraction of sp³-hybridized carbons (Fsp3) is 0.267. The molecule has 2 unspecified atom stereocenters. The second kappa shape index (κ2) is 6.64. The summed E-state index contributed by atoms with van der Waals surface area (Å²) in [6, 6.07) is 8.77. The average Bonchev–Trinajstić information content (AvgIpc) is 2.46. The molecule has 2 aromatic rings. The van der Waals surface area contributed by atoms with Gasteiger partial charge in [0.15, 0.2) is 0 Å². The average molecular weight is 331 g/mol. The molecular formula is C15H14ClF3N2O. The zero-order valence-corrected chi connectivity index (χ0v) is 12.1. The molecule has 1 aromatic heterocycles. The van der Waals surface area contributed by atoms with Crippen molar-refractivity contribution >= 4 is 11.6 Å². The normalized spacial score (nSPS) is 14.6. The molecule has 3 nitrogen and oxygen atoms in total. The third kappa shape index (κ3) is 4.19. The largest absolute Gasteiger partial charge is 0.416 e. The Morgan fingerprint density at radius 1 is 1.14 bits per heavy atom. The molecule has 0 amide bonds. The van der Waals surface area contributed by atoms with Gasteiger partial charge in [-0.2, -0.15) is 13.2 Å². The summed E-state index contributed by atoms with van der Waals surface area (Å²) in [5.74, 6) is 0. The van der Waals surface area contributed by atoms with Gasteiger partial charge in [0.25, 0.3) is 0 Å². The molecule has 0 aliphatic rings. The molecule has 118 valence electrons. The van der Waals surface area contributed by atoms with Crippen LogP contribution in [0.15, 0.2) is 42.5 Å². The van der Waals surface area contributed by atoms with Crippen LogP contribution < -0.4 is 5.73 Å². The van der Waals surface area contributed by atoms with Gasteiger partial charge >= 0.3 is 6.18 Å². The first-order valence-electron chi connectivity index (χ1n) is 6.49. The molecule has 0 saturated heterocycles. The van der Waals surface area contributed by atoms with Crippen LogP contribution >= 0.6 is 11.6 Å². The van der Waals surface area contributed by atoms with Gasteiger partial charge in [0.1, 0.15) is 11.3 Å². The third-order valence-corrected chi connectivity index (χ3v) is 3.41. The van der Waals surface area contributed by atoms with Gasteiger partial charge in [0.05, 0.1) is 11.3 Å². The summed E-state index contributed by atoms with van der Waals surface area (Å²) in [4.78, 5) is 3.97. The molecule has 0 saturated carbocycles. The fourth-order valence-corrected chi connectivity index (χ4v) is 2.19. The summed E-state index contributed by atoms with van der Waals surface area (Å²) in [6.45, 7) is 0. The van der Waals surface area contributed by atoms with E-state index in [1.807, 2.05) is 0 Å². The predicted molar refractivity (Wildman–Crippen MR) is 77.3 cm³/mol. The molecule has 2 atom stereocenters. The van der Waals surface area contributed by atoms with Gasteiger partial charge in [-0.1, -0.05) is 29.8 Å². The Hall–Kier alpha value is -1.63. The number of nitrogens with zero attached hydrogens (tertiary/aromatic N) is 1. The van der Waals surface area contributed by atoms with Crippen molar-refractivity contribution in [1.29, 1.82) is 0 Å². The van der Waals surface area contributed by atoms with E-state index in [9.17, 15) is 18.3 Å². The Balaban J connectivity index is 2.06. The summed E-state index contributed by atoms with van der Waals surface area (Å²) in [5, 5.41) is 10.4. The third-order valence-electron chi connectivity index (χ3n) is 3.20. The highest BCUT2D eigenvalue weighted by molar-refractivity contribution is 6.29. The van der Waals surface area contributed by atoms with Crippen molar-refractivity contribution in [1.82, 2.24) is 4.98 Å². The molecule has 0 spiro atoms. The molecule has 22 heavy (non-hydrogen) atoms. The molecule has 0 fully saturated rings. The second-order valence-corrected chi connectivity index (χ2v) is 5.28. The minimum Gasteiger partial charge on any atom is -0.385 e. The maximum Gasteiger partial charge on any atom is 0.416 e. The van der Waals surface area contributed by atoms with Crippen LogP contribution in [-0.4, -0.2) is 16.1 Å². The van der Waals surface area contributed by atoms with Gasteiger partial charge in [0.2, 0.25) is 0 Å². The van der Waals surface area contributed by atoms with Gasteiger partial charge in [-0.05, 0) is 36.2 Å². The highest BCUT2D eigenvalue weighted by atomic mass is 35.5. The Labute approximate surface area is 130 Å². The van der Waals surface area contributed by atoms with Crippen molar-refractivity contribution in [2.24, 2.45) is 5.73 Å². The second-order valence-electron chi connectivity index (χ2n) is 4.89.